The highest BCUT2D eigenvalue weighted by Crippen LogP contribution is 2.10. The fraction of sp³-hybridized carbons (Fsp3) is 0.944. The molecule has 0 aromatic carbocycles. The van der Waals surface area contributed by atoms with Crippen LogP contribution in [-0.2, 0) is 9.53 Å². The molecule has 0 heterocycles. The van der Waals surface area contributed by atoms with E-state index in [2.05, 4.69) is 0 Å². The fourth-order valence-electron chi connectivity index (χ4n) is 2.53. The highest BCUT2D eigenvalue weighted by molar-refractivity contribution is 5.75. The molecule has 0 rings (SSSR count). The summed E-state index contributed by atoms with van der Waals surface area (Å²) < 4.78 is 5.20. The third kappa shape index (κ3) is 16.0. The number of hydrogen-bond acceptors (Lipinski definition) is 5. The Hall–Kier alpha value is -0.650. The zero-order chi connectivity index (χ0) is 17.2. The molecule has 5 N–H and O–H groups in total. The maximum Gasteiger partial charge on any atom is 0.322 e. The second-order valence-corrected chi connectivity index (χ2v) is 6.32. The molecular weight excluding hydrogens is 292 g/mol. The van der Waals surface area contributed by atoms with Crippen LogP contribution in [0.2, 0.25) is 0 Å². The van der Waals surface area contributed by atoms with E-state index >= 15 is 0 Å². The van der Waals surface area contributed by atoms with Crippen molar-refractivity contribution in [3.05, 3.63) is 0 Å². The average molecular weight is 331 g/mol. The lowest BCUT2D eigenvalue weighted by molar-refractivity contribution is -0.145. The van der Waals surface area contributed by atoms with Crippen LogP contribution in [0.1, 0.15) is 83.5 Å². The summed E-state index contributed by atoms with van der Waals surface area (Å²) in [4.78, 5) is 11.6. The van der Waals surface area contributed by atoms with Crippen LogP contribution < -0.4 is 11.5 Å². The number of ether oxygens (including phenoxy) is 1. The van der Waals surface area contributed by atoms with Crippen LogP contribution in [-0.4, -0.2) is 36.9 Å². The second kappa shape index (κ2) is 17.7. The standard InChI is InChI=1S/C18H38N2O3/c19-14-10-9-13-17(20)18(22)23-16-12-8-6-4-2-1-3-5-7-11-15-21/h17,21H,1-16,19-20H2/t17-/m0/s1. The highest BCUT2D eigenvalue weighted by Gasteiger charge is 2.13. The van der Waals surface area contributed by atoms with Gasteiger partial charge < -0.3 is 21.3 Å². The summed E-state index contributed by atoms with van der Waals surface area (Å²) in [5, 5.41) is 8.68. The van der Waals surface area contributed by atoms with Crippen molar-refractivity contribution in [1.82, 2.24) is 0 Å². The predicted molar refractivity (Wildman–Crippen MR) is 95.1 cm³/mol. The third-order valence-corrected chi connectivity index (χ3v) is 4.07. The first kappa shape index (κ1) is 22.4. The molecule has 0 aliphatic heterocycles. The molecule has 5 heteroatoms. The van der Waals surface area contributed by atoms with E-state index in [0.717, 1.165) is 38.5 Å². The van der Waals surface area contributed by atoms with Gasteiger partial charge in [-0.2, -0.15) is 0 Å². The maximum atomic E-state index is 11.6. The van der Waals surface area contributed by atoms with Crippen LogP contribution in [0.5, 0.6) is 0 Å². The summed E-state index contributed by atoms with van der Waals surface area (Å²) in [7, 11) is 0. The summed E-state index contributed by atoms with van der Waals surface area (Å²) >= 11 is 0. The molecule has 138 valence electrons. The van der Waals surface area contributed by atoms with Crippen LogP contribution in [0.4, 0.5) is 0 Å². The Balaban J connectivity index is 3.24. The van der Waals surface area contributed by atoms with E-state index in [4.69, 9.17) is 21.3 Å². The summed E-state index contributed by atoms with van der Waals surface area (Å²) in [6, 6.07) is -0.493. The molecule has 23 heavy (non-hydrogen) atoms. The van der Waals surface area contributed by atoms with E-state index < -0.39 is 6.04 Å². The van der Waals surface area contributed by atoms with Gasteiger partial charge in [0.15, 0.2) is 0 Å². The number of aliphatic hydroxyl groups is 1. The van der Waals surface area contributed by atoms with E-state index in [1.165, 1.54) is 38.5 Å². The van der Waals surface area contributed by atoms with Gasteiger partial charge in [-0.1, -0.05) is 57.8 Å². The number of hydrogen-bond donors (Lipinski definition) is 3. The Morgan fingerprint density at radius 3 is 1.87 bits per heavy atom. The van der Waals surface area contributed by atoms with Crippen LogP contribution >= 0.6 is 0 Å². The SMILES string of the molecule is NCCCC[C@H](N)C(=O)OCCCCCCCCCCCCO. The van der Waals surface area contributed by atoms with Gasteiger partial charge in [-0.05, 0) is 32.2 Å². The first-order valence-corrected chi connectivity index (χ1v) is 9.45. The molecule has 1 atom stereocenters. The quantitative estimate of drug-likeness (QED) is 0.281. The van der Waals surface area contributed by atoms with Crippen molar-refractivity contribution in [1.29, 1.82) is 0 Å². The van der Waals surface area contributed by atoms with E-state index in [0.29, 0.717) is 26.2 Å². The molecule has 0 aliphatic rings. The number of unbranched alkanes of at least 4 members (excludes halogenated alkanes) is 10. The minimum atomic E-state index is -0.493. The molecule has 0 aromatic heterocycles. The lowest BCUT2D eigenvalue weighted by Crippen LogP contribution is -2.32. The average Bonchev–Trinajstić information content (AvgIpc) is 2.55. The minimum absolute atomic E-state index is 0.273. The molecule has 5 nitrogen and oxygen atoms in total. The Labute approximate surface area is 142 Å². The molecule has 0 aliphatic carbocycles. The van der Waals surface area contributed by atoms with Crippen molar-refractivity contribution >= 4 is 5.97 Å². The first-order chi connectivity index (χ1) is 11.2. The van der Waals surface area contributed by atoms with Crippen LogP contribution in [0.15, 0.2) is 0 Å². The molecule has 0 saturated heterocycles. The molecule has 0 saturated carbocycles. The van der Waals surface area contributed by atoms with Gasteiger partial charge in [0.05, 0.1) is 6.61 Å². The number of aliphatic hydroxyl groups excluding tert-OH is 1. The third-order valence-electron chi connectivity index (χ3n) is 4.07. The Morgan fingerprint density at radius 1 is 0.826 bits per heavy atom. The van der Waals surface area contributed by atoms with Crippen LogP contribution in [0, 0.1) is 0 Å². The molecule has 0 radical (unpaired) electrons. The lowest BCUT2D eigenvalue weighted by Gasteiger charge is -2.11. The topological polar surface area (TPSA) is 98.6 Å². The summed E-state index contributed by atoms with van der Waals surface area (Å²) in [5.41, 5.74) is 11.2. The van der Waals surface area contributed by atoms with Crippen LogP contribution in [0.3, 0.4) is 0 Å². The Morgan fingerprint density at radius 2 is 1.35 bits per heavy atom. The molecule has 0 amide bonds. The Bertz CT molecular complexity index is 263. The van der Waals surface area contributed by atoms with Crippen molar-refractivity contribution in [2.75, 3.05) is 19.8 Å². The zero-order valence-electron chi connectivity index (χ0n) is 14.8. The summed E-state index contributed by atoms with van der Waals surface area (Å²) in [5.74, 6) is -0.273. The van der Waals surface area contributed by atoms with E-state index in [-0.39, 0.29) is 5.97 Å². The zero-order valence-corrected chi connectivity index (χ0v) is 14.8. The van der Waals surface area contributed by atoms with Gasteiger partial charge in [0, 0.05) is 6.61 Å². The minimum Gasteiger partial charge on any atom is -0.465 e. The number of esters is 1. The first-order valence-electron chi connectivity index (χ1n) is 9.45. The highest BCUT2D eigenvalue weighted by atomic mass is 16.5. The van der Waals surface area contributed by atoms with Gasteiger partial charge >= 0.3 is 5.97 Å². The van der Waals surface area contributed by atoms with Crippen molar-refractivity contribution < 1.29 is 14.6 Å². The molecule has 0 fully saturated rings. The van der Waals surface area contributed by atoms with Gasteiger partial charge in [-0.3, -0.25) is 4.79 Å². The number of nitrogens with two attached hydrogens (primary N) is 2. The molecular formula is C18H38N2O3. The van der Waals surface area contributed by atoms with Gasteiger partial charge in [-0.25, -0.2) is 0 Å². The van der Waals surface area contributed by atoms with Gasteiger partial charge in [0.2, 0.25) is 0 Å². The normalized spacial score (nSPS) is 12.3. The lowest BCUT2D eigenvalue weighted by atomic mass is 10.1. The van der Waals surface area contributed by atoms with Crippen molar-refractivity contribution in [2.45, 2.75) is 89.5 Å². The molecule has 0 unspecified atom stereocenters. The monoisotopic (exact) mass is 330 g/mol. The number of carbonyl (C=O) groups is 1. The summed E-state index contributed by atoms with van der Waals surface area (Å²) in [6.07, 6.45) is 14.1. The van der Waals surface area contributed by atoms with Crippen molar-refractivity contribution in [3.8, 4) is 0 Å². The van der Waals surface area contributed by atoms with Gasteiger partial charge in [0.25, 0.3) is 0 Å². The molecule has 0 spiro atoms. The molecule has 0 bridgehead atoms. The predicted octanol–water partition coefficient (Wildman–Crippen LogP) is 2.88. The van der Waals surface area contributed by atoms with E-state index in [1.807, 2.05) is 0 Å². The Kier molecular flexibility index (Phi) is 17.2. The largest absolute Gasteiger partial charge is 0.465 e. The van der Waals surface area contributed by atoms with Gasteiger partial charge in [-0.15, -0.1) is 0 Å². The summed E-state index contributed by atoms with van der Waals surface area (Å²) in [6.45, 7) is 1.46. The number of carbonyl (C=O) groups excluding carboxylic acids is 1. The second-order valence-electron chi connectivity index (χ2n) is 6.32. The number of rotatable bonds is 17. The van der Waals surface area contributed by atoms with Gasteiger partial charge in [0.1, 0.15) is 6.04 Å². The smallest absolute Gasteiger partial charge is 0.322 e. The van der Waals surface area contributed by atoms with E-state index in [9.17, 15) is 4.79 Å². The molecule has 0 aromatic rings. The van der Waals surface area contributed by atoms with Crippen molar-refractivity contribution in [2.24, 2.45) is 11.5 Å². The fourth-order valence-corrected chi connectivity index (χ4v) is 2.53. The van der Waals surface area contributed by atoms with Crippen molar-refractivity contribution in [3.63, 3.8) is 0 Å². The maximum absolute atomic E-state index is 11.6. The van der Waals surface area contributed by atoms with Crippen LogP contribution in [0.25, 0.3) is 0 Å². The van der Waals surface area contributed by atoms with E-state index in [1.54, 1.807) is 0 Å².